The van der Waals surface area contributed by atoms with Crippen molar-refractivity contribution in [3.8, 4) is 0 Å². The predicted octanol–water partition coefficient (Wildman–Crippen LogP) is 3.05. The van der Waals surface area contributed by atoms with E-state index in [2.05, 4.69) is 5.32 Å². The first kappa shape index (κ1) is 19.6. The molecule has 0 aromatic heterocycles. The standard InChI is InChI=1S/C18H20N2O5S/c1-4-13-5-7-14(8-6-13)12(2)19-18(21)15-9-10-17(26(3,24)25)16(11-15)20(22)23/h5-12H,4H2,1-3H3,(H,19,21). The molecule has 0 fully saturated rings. The lowest BCUT2D eigenvalue weighted by molar-refractivity contribution is -0.387. The van der Waals surface area contributed by atoms with Gasteiger partial charge in [-0.2, -0.15) is 0 Å². The van der Waals surface area contributed by atoms with Crippen LogP contribution >= 0.6 is 0 Å². The van der Waals surface area contributed by atoms with Crippen LogP contribution in [0, 0.1) is 10.1 Å². The minimum Gasteiger partial charge on any atom is -0.346 e. The number of aryl methyl sites for hydroxylation is 1. The molecular weight excluding hydrogens is 356 g/mol. The van der Waals surface area contributed by atoms with Crippen molar-refractivity contribution in [2.45, 2.75) is 31.2 Å². The van der Waals surface area contributed by atoms with Gasteiger partial charge < -0.3 is 5.32 Å². The fraction of sp³-hybridized carbons (Fsp3) is 0.278. The van der Waals surface area contributed by atoms with Crippen LogP contribution in [0.15, 0.2) is 47.4 Å². The average Bonchev–Trinajstić information content (AvgIpc) is 2.60. The van der Waals surface area contributed by atoms with Crippen LogP contribution in [-0.2, 0) is 16.3 Å². The Morgan fingerprint density at radius 2 is 1.81 bits per heavy atom. The van der Waals surface area contributed by atoms with Gasteiger partial charge in [0.2, 0.25) is 0 Å². The molecule has 138 valence electrons. The van der Waals surface area contributed by atoms with Gasteiger partial charge in [-0.05, 0) is 36.6 Å². The summed E-state index contributed by atoms with van der Waals surface area (Å²) < 4.78 is 23.3. The summed E-state index contributed by atoms with van der Waals surface area (Å²) in [7, 11) is -3.77. The van der Waals surface area contributed by atoms with E-state index in [1.54, 1.807) is 6.92 Å². The minimum atomic E-state index is -3.77. The summed E-state index contributed by atoms with van der Waals surface area (Å²) in [5, 5.41) is 13.9. The van der Waals surface area contributed by atoms with Gasteiger partial charge in [0.05, 0.1) is 11.0 Å². The van der Waals surface area contributed by atoms with Crippen molar-refractivity contribution >= 4 is 21.4 Å². The minimum absolute atomic E-state index is 0.0288. The molecule has 1 N–H and O–H groups in total. The largest absolute Gasteiger partial charge is 0.346 e. The highest BCUT2D eigenvalue weighted by atomic mass is 32.2. The average molecular weight is 376 g/mol. The number of nitrogens with zero attached hydrogens (tertiary/aromatic N) is 1. The van der Waals surface area contributed by atoms with E-state index >= 15 is 0 Å². The highest BCUT2D eigenvalue weighted by Crippen LogP contribution is 2.25. The second kappa shape index (κ2) is 7.65. The third kappa shape index (κ3) is 4.45. The van der Waals surface area contributed by atoms with Gasteiger partial charge in [0, 0.05) is 17.9 Å². The first-order chi connectivity index (χ1) is 12.1. The molecule has 0 heterocycles. The lowest BCUT2D eigenvalue weighted by atomic mass is 10.0. The zero-order valence-corrected chi connectivity index (χ0v) is 15.5. The van der Waals surface area contributed by atoms with E-state index in [1.807, 2.05) is 31.2 Å². The Labute approximate surface area is 152 Å². The lowest BCUT2D eigenvalue weighted by Gasteiger charge is -2.15. The summed E-state index contributed by atoms with van der Waals surface area (Å²) in [6, 6.07) is 10.8. The molecule has 1 atom stereocenters. The number of carbonyl (C=O) groups is 1. The molecule has 0 spiro atoms. The summed E-state index contributed by atoms with van der Waals surface area (Å²) >= 11 is 0. The number of nitro benzene ring substituents is 1. The third-order valence-corrected chi connectivity index (χ3v) is 5.20. The van der Waals surface area contributed by atoms with Crippen molar-refractivity contribution < 1.29 is 18.1 Å². The predicted molar refractivity (Wildman–Crippen MR) is 97.9 cm³/mol. The van der Waals surface area contributed by atoms with Gasteiger partial charge in [0.15, 0.2) is 9.84 Å². The molecule has 8 heteroatoms. The van der Waals surface area contributed by atoms with Gasteiger partial charge in [-0.1, -0.05) is 31.2 Å². The Morgan fingerprint density at radius 3 is 2.31 bits per heavy atom. The van der Waals surface area contributed by atoms with E-state index in [-0.39, 0.29) is 11.6 Å². The van der Waals surface area contributed by atoms with Gasteiger partial charge in [0.1, 0.15) is 4.90 Å². The molecule has 0 bridgehead atoms. The van der Waals surface area contributed by atoms with E-state index in [0.717, 1.165) is 30.4 Å². The van der Waals surface area contributed by atoms with Crippen molar-refractivity contribution in [1.29, 1.82) is 0 Å². The van der Waals surface area contributed by atoms with E-state index < -0.39 is 31.3 Å². The molecular formula is C18H20N2O5S. The van der Waals surface area contributed by atoms with Gasteiger partial charge in [-0.15, -0.1) is 0 Å². The Bertz CT molecular complexity index is 937. The SMILES string of the molecule is CCc1ccc(C(C)NC(=O)c2ccc(S(C)(=O)=O)c([N+](=O)[O-])c2)cc1. The second-order valence-corrected chi connectivity index (χ2v) is 7.99. The monoisotopic (exact) mass is 376 g/mol. The van der Waals surface area contributed by atoms with Crippen LogP contribution in [0.1, 0.15) is 41.4 Å². The highest BCUT2D eigenvalue weighted by Gasteiger charge is 2.24. The normalized spacial score (nSPS) is 12.4. The molecule has 7 nitrogen and oxygen atoms in total. The fourth-order valence-electron chi connectivity index (χ4n) is 2.52. The molecule has 1 amide bonds. The first-order valence-electron chi connectivity index (χ1n) is 8.01. The third-order valence-electron chi connectivity index (χ3n) is 4.05. The molecule has 2 rings (SSSR count). The van der Waals surface area contributed by atoms with Crippen molar-refractivity contribution in [3.63, 3.8) is 0 Å². The topological polar surface area (TPSA) is 106 Å². The zero-order chi connectivity index (χ0) is 19.5. The first-order valence-corrected chi connectivity index (χ1v) is 9.90. The number of nitro groups is 1. The molecule has 0 aliphatic rings. The smallest absolute Gasteiger partial charge is 0.288 e. The molecule has 0 aliphatic heterocycles. The Morgan fingerprint density at radius 1 is 1.19 bits per heavy atom. The van der Waals surface area contributed by atoms with Crippen molar-refractivity contribution in [2.24, 2.45) is 0 Å². The van der Waals surface area contributed by atoms with Gasteiger partial charge in [-0.25, -0.2) is 8.42 Å². The number of benzene rings is 2. The number of nitrogens with one attached hydrogen (secondary N) is 1. The van der Waals surface area contributed by atoms with Crippen molar-refractivity contribution in [2.75, 3.05) is 6.26 Å². The number of amides is 1. The molecule has 2 aromatic rings. The maximum absolute atomic E-state index is 12.4. The molecule has 0 saturated heterocycles. The maximum atomic E-state index is 12.4. The van der Waals surface area contributed by atoms with Crippen LogP contribution in [0.25, 0.3) is 0 Å². The van der Waals surface area contributed by atoms with Crippen molar-refractivity contribution in [3.05, 3.63) is 69.3 Å². The van der Waals surface area contributed by atoms with E-state index in [4.69, 9.17) is 0 Å². The van der Waals surface area contributed by atoms with E-state index in [0.29, 0.717) is 0 Å². The summed E-state index contributed by atoms with van der Waals surface area (Å²) in [6.45, 7) is 3.85. The molecule has 0 radical (unpaired) electrons. The number of sulfone groups is 1. The lowest BCUT2D eigenvalue weighted by Crippen LogP contribution is -2.26. The Kier molecular flexibility index (Phi) is 5.76. The van der Waals surface area contributed by atoms with Gasteiger partial charge in [0.25, 0.3) is 11.6 Å². The number of hydrogen-bond donors (Lipinski definition) is 1. The van der Waals surface area contributed by atoms with Gasteiger partial charge >= 0.3 is 0 Å². The van der Waals surface area contributed by atoms with Crippen LogP contribution < -0.4 is 5.32 Å². The molecule has 0 saturated carbocycles. The van der Waals surface area contributed by atoms with E-state index in [9.17, 15) is 23.3 Å². The summed E-state index contributed by atoms with van der Waals surface area (Å²) in [5.41, 5.74) is 1.50. The maximum Gasteiger partial charge on any atom is 0.288 e. The van der Waals surface area contributed by atoms with Crippen molar-refractivity contribution in [1.82, 2.24) is 5.32 Å². The summed E-state index contributed by atoms with van der Waals surface area (Å²) in [4.78, 5) is 22.3. The number of hydrogen-bond acceptors (Lipinski definition) is 5. The molecule has 0 aliphatic carbocycles. The number of rotatable bonds is 6. The quantitative estimate of drug-likeness (QED) is 0.616. The Balaban J connectivity index is 2.26. The van der Waals surface area contributed by atoms with Crippen LogP contribution in [0.4, 0.5) is 5.69 Å². The zero-order valence-electron chi connectivity index (χ0n) is 14.7. The van der Waals surface area contributed by atoms with Crippen LogP contribution in [0.2, 0.25) is 0 Å². The van der Waals surface area contributed by atoms with Crippen LogP contribution in [0.3, 0.4) is 0 Å². The van der Waals surface area contributed by atoms with Crippen LogP contribution in [0.5, 0.6) is 0 Å². The molecule has 26 heavy (non-hydrogen) atoms. The second-order valence-electron chi connectivity index (χ2n) is 6.00. The van der Waals surface area contributed by atoms with Gasteiger partial charge in [-0.3, -0.25) is 14.9 Å². The highest BCUT2D eigenvalue weighted by molar-refractivity contribution is 7.90. The molecule has 1 unspecified atom stereocenters. The number of carbonyl (C=O) groups excluding carboxylic acids is 1. The molecule has 2 aromatic carbocycles. The fourth-order valence-corrected chi connectivity index (χ4v) is 3.35. The summed E-state index contributed by atoms with van der Waals surface area (Å²) in [5.74, 6) is -0.514. The summed E-state index contributed by atoms with van der Waals surface area (Å²) in [6.07, 6.45) is 1.80. The van der Waals surface area contributed by atoms with Crippen LogP contribution in [-0.4, -0.2) is 25.5 Å². The van der Waals surface area contributed by atoms with E-state index in [1.165, 1.54) is 11.6 Å². The Hall–Kier alpha value is -2.74.